The molecular weight excluding hydrogens is 120 g/mol. The van der Waals surface area contributed by atoms with Gasteiger partial charge >= 0.3 is 0 Å². The molecule has 0 amide bonds. The Kier molecular flexibility index (Phi) is 7.11. The molecule has 0 bridgehead atoms. The van der Waals surface area contributed by atoms with Gasteiger partial charge in [-0.1, -0.05) is 52.9 Å². The minimum atomic E-state index is 0.887. The van der Waals surface area contributed by atoms with E-state index in [0.717, 1.165) is 12.3 Å². The zero-order chi connectivity index (χ0) is 7.82. The largest absolute Gasteiger partial charge is 0.0625 e. The zero-order valence-corrected chi connectivity index (χ0v) is 7.40. The first-order chi connectivity index (χ1) is 4.81. The molecule has 10 heavy (non-hydrogen) atoms. The van der Waals surface area contributed by atoms with Gasteiger partial charge in [0.25, 0.3) is 0 Å². The van der Waals surface area contributed by atoms with Crippen LogP contribution in [0.15, 0.2) is 0 Å². The predicted octanol–water partition coefficient (Wildman–Crippen LogP) is 3.63. The normalized spacial score (nSPS) is 13.5. The van der Waals surface area contributed by atoms with Crippen molar-refractivity contribution in [2.45, 2.75) is 46.0 Å². The molecule has 0 saturated carbocycles. The fourth-order valence-corrected chi connectivity index (χ4v) is 1.16. The third-order valence-corrected chi connectivity index (χ3v) is 1.89. The molecular formula is C10H20. The molecule has 0 saturated heterocycles. The van der Waals surface area contributed by atoms with E-state index in [9.17, 15) is 0 Å². The molecule has 1 atom stereocenters. The van der Waals surface area contributed by atoms with Gasteiger partial charge in [0.1, 0.15) is 0 Å². The van der Waals surface area contributed by atoms with Gasteiger partial charge in [0.2, 0.25) is 0 Å². The first-order valence-electron chi connectivity index (χ1n) is 4.38. The van der Waals surface area contributed by atoms with Crippen LogP contribution in [-0.4, -0.2) is 0 Å². The molecule has 0 nitrogen and oxygen atoms in total. The van der Waals surface area contributed by atoms with E-state index in [2.05, 4.69) is 27.2 Å². The molecule has 0 aliphatic heterocycles. The fraction of sp³-hybridized carbons (Fsp3) is 0.800. The Labute approximate surface area is 66.0 Å². The van der Waals surface area contributed by atoms with Gasteiger partial charge < -0.3 is 0 Å². The molecule has 0 spiro atoms. The lowest BCUT2D eigenvalue weighted by molar-refractivity contribution is 0.477. The average Bonchev–Trinajstić information content (AvgIpc) is 1.89. The topological polar surface area (TPSA) is 0 Å². The molecule has 0 aromatic rings. The van der Waals surface area contributed by atoms with E-state index in [4.69, 9.17) is 0 Å². The molecule has 1 unspecified atom stereocenters. The predicted molar refractivity (Wildman–Crippen MR) is 47.6 cm³/mol. The Bertz CT molecular complexity index is 57.1. The maximum absolute atomic E-state index is 3.85. The molecule has 0 aromatic heterocycles. The van der Waals surface area contributed by atoms with E-state index < -0.39 is 0 Å². The first-order valence-corrected chi connectivity index (χ1v) is 4.38. The molecule has 0 N–H and O–H groups in total. The van der Waals surface area contributed by atoms with Crippen molar-refractivity contribution in [2.75, 3.05) is 0 Å². The fourth-order valence-electron chi connectivity index (χ4n) is 1.16. The lowest BCUT2D eigenvalue weighted by Gasteiger charge is -2.07. The van der Waals surface area contributed by atoms with Crippen molar-refractivity contribution in [2.24, 2.45) is 5.92 Å². The summed E-state index contributed by atoms with van der Waals surface area (Å²) < 4.78 is 0. The summed E-state index contributed by atoms with van der Waals surface area (Å²) in [6, 6.07) is 0. The van der Waals surface area contributed by atoms with E-state index >= 15 is 0 Å². The van der Waals surface area contributed by atoms with Gasteiger partial charge in [-0.2, -0.15) is 0 Å². The Morgan fingerprint density at radius 2 is 2.10 bits per heavy atom. The van der Waals surface area contributed by atoms with Gasteiger partial charge in [-0.15, -0.1) is 0 Å². The zero-order valence-electron chi connectivity index (χ0n) is 7.40. The molecule has 0 aliphatic carbocycles. The summed E-state index contributed by atoms with van der Waals surface area (Å²) >= 11 is 0. The van der Waals surface area contributed by atoms with Gasteiger partial charge in [0.15, 0.2) is 0 Å². The minimum Gasteiger partial charge on any atom is -0.0625 e. The van der Waals surface area contributed by atoms with Crippen molar-refractivity contribution in [1.82, 2.24) is 0 Å². The van der Waals surface area contributed by atoms with Crippen molar-refractivity contribution in [3.8, 4) is 0 Å². The van der Waals surface area contributed by atoms with Crippen LogP contribution in [0.3, 0.4) is 0 Å². The maximum Gasteiger partial charge on any atom is -0.0417 e. The molecule has 2 radical (unpaired) electrons. The van der Waals surface area contributed by atoms with Crippen LogP contribution in [0.1, 0.15) is 46.0 Å². The molecule has 0 fully saturated rings. The van der Waals surface area contributed by atoms with Crippen molar-refractivity contribution in [3.63, 3.8) is 0 Å². The van der Waals surface area contributed by atoms with Crippen LogP contribution < -0.4 is 0 Å². The Morgan fingerprint density at radius 3 is 2.60 bits per heavy atom. The summed E-state index contributed by atoms with van der Waals surface area (Å²) in [6.45, 7) is 8.30. The van der Waals surface area contributed by atoms with Gasteiger partial charge in [0.05, 0.1) is 0 Å². The molecule has 0 aromatic carbocycles. The summed E-state index contributed by atoms with van der Waals surface area (Å²) in [5, 5.41) is 0. The molecule has 60 valence electrons. The lowest BCUT2D eigenvalue weighted by atomic mass is 9.99. The number of unbranched alkanes of at least 4 members (excludes halogenated alkanes) is 2. The van der Waals surface area contributed by atoms with Gasteiger partial charge in [-0.3, -0.25) is 0 Å². The molecule has 0 rings (SSSR count). The highest BCUT2D eigenvalue weighted by atomic mass is 14.0. The number of hydrogen-bond donors (Lipinski definition) is 0. The summed E-state index contributed by atoms with van der Waals surface area (Å²) in [7, 11) is 0. The van der Waals surface area contributed by atoms with Gasteiger partial charge in [-0.25, -0.2) is 0 Å². The van der Waals surface area contributed by atoms with Crippen LogP contribution in [-0.2, 0) is 0 Å². The van der Waals surface area contributed by atoms with Gasteiger partial charge in [-0.05, 0) is 12.3 Å². The van der Waals surface area contributed by atoms with E-state index in [-0.39, 0.29) is 0 Å². The Hall–Kier alpha value is 0. The molecule has 0 aliphatic rings. The van der Waals surface area contributed by atoms with E-state index in [0.29, 0.717) is 0 Å². The first kappa shape index (κ1) is 10.0. The average molecular weight is 140 g/mol. The Balaban J connectivity index is 2.97. The summed E-state index contributed by atoms with van der Waals surface area (Å²) in [4.78, 5) is 0. The summed E-state index contributed by atoms with van der Waals surface area (Å²) in [6.07, 6.45) is 8.65. The maximum atomic E-state index is 3.85. The minimum absolute atomic E-state index is 0.887. The second-order valence-corrected chi connectivity index (χ2v) is 3.09. The second-order valence-electron chi connectivity index (χ2n) is 3.09. The summed E-state index contributed by atoms with van der Waals surface area (Å²) in [5.41, 5.74) is 0. The number of rotatable bonds is 6. The summed E-state index contributed by atoms with van der Waals surface area (Å²) in [5.74, 6) is 0.887. The monoisotopic (exact) mass is 140 g/mol. The van der Waals surface area contributed by atoms with Gasteiger partial charge in [0, 0.05) is 0 Å². The van der Waals surface area contributed by atoms with E-state index in [1.807, 2.05) is 0 Å². The quantitative estimate of drug-likeness (QED) is 0.494. The standard InChI is InChI=1S/C10H20/c1-4-6-7-9-10(3)8-5-2/h4,10H,2,5-9H2,1,3H3. The van der Waals surface area contributed by atoms with Crippen molar-refractivity contribution in [3.05, 3.63) is 13.3 Å². The SMILES string of the molecule is [CH2]CCC(C)CCC[CH]C. The van der Waals surface area contributed by atoms with Crippen molar-refractivity contribution in [1.29, 1.82) is 0 Å². The highest BCUT2D eigenvalue weighted by molar-refractivity contribution is 4.59. The van der Waals surface area contributed by atoms with Crippen LogP contribution in [0.5, 0.6) is 0 Å². The van der Waals surface area contributed by atoms with Crippen LogP contribution in [0.2, 0.25) is 0 Å². The third-order valence-electron chi connectivity index (χ3n) is 1.89. The van der Waals surface area contributed by atoms with Crippen molar-refractivity contribution < 1.29 is 0 Å². The molecule has 0 heterocycles. The van der Waals surface area contributed by atoms with Crippen LogP contribution in [0.4, 0.5) is 0 Å². The van der Waals surface area contributed by atoms with Crippen LogP contribution >= 0.6 is 0 Å². The highest BCUT2D eigenvalue weighted by Gasteiger charge is 1.98. The van der Waals surface area contributed by atoms with E-state index in [1.54, 1.807) is 0 Å². The Morgan fingerprint density at radius 1 is 1.40 bits per heavy atom. The van der Waals surface area contributed by atoms with Crippen LogP contribution in [0.25, 0.3) is 0 Å². The molecule has 0 heteroatoms. The van der Waals surface area contributed by atoms with Crippen molar-refractivity contribution >= 4 is 0 Å². The highest BCUT2D eigenvalue weighted by Crippen LogP contribution is 2.13. The smallest absolute Gasteiger partial charge is 0.0417 e. The van der Waals surface area contributed by atoms with Crippen LogP contribution in [0, 0.1) is 19.3 Å². The second kappa shape index (κ2) is 7.11. The third kappa shape index (κ3) is 6.12. The van der Waals surface area contributed by atoms with E-state index in [1.165, 1.54) is 25.7 Å². The lowest BCUT2D eigenvalue weighted by Crippen LogP contribution is -1.93. The number of hydrogen-bond acceptors (Lipinski definition) is 0.